The fourth-order valence-electron chi connectivity index (χ4n) is 6.33. The van der Waals surface area contributed by atoms with Crippen molar-refractivity contribution in [1.29, 1.82) is 0 Å². The van der Waals surface area contributed by atoms with Gasteiger partial charge in [0, 0.05) is 48.7 Å². The molecule has 1 atom stereocenters. The highest BCUT2D eigenvalue weighted by molar-refractivity contribution is 5.92. The Hall–Kier alpha value is -3.56. The highest BCUT2D eigenvalue weighted by Crippen LogP contribution is 2.37. The molecule has 1 aromatic heterocycles. The Balaban J connectivity index is 1.46. The molecule has 2 aliphatic rings. The summed E-state index contributed by atoms with van der Waals surface area (Å²) >= 11 is 0. The molecule has 1 N–H and O–H groups in total. The molecule has 1 saturated carbocycles. The van der Waals surface area contributed by atoms with Crippen LogP contribution >= 0.6 is 0 Å². The Bertz CT molecular complexity index is 1410. The lowest BCUT2D eigenvalue weighted by Crippen LogP contribution is -2.50. The van der Waals surface area contributed by atoms with Gasteiger partial charge >= 0.3 is 6.09 Å². The van der Waals surface area contributed by atoms with Crippen molar-refractivity contribution in [1.82, 2.24) is 25.0 Å². The first kappa shape index (κ1) is 30.9. The molecule has 9 heteroatoms. The van der Waals surface area contributed by atoms with Crippen molar-refractivity contribution in [3.63, 3.8) is 0 Å². The SMILES string of the molecule is C[C@H](NC(=O)Oc1c(CN2CCN(CCCN(C)C)C(=O)C2)c(-c2ccccc2)nc2ccc(F)cc12)C1CCCCC1. The summed E-state index contributed by atoms with van der Waals surface area (Å²) < 4.78 is 20.7. The Labute approximate surface area is 254 Å². The number of nitrogens with one attached hydrogen (secondary N) is 1. The largest absolute Gasteiger partial charge is 0.412 e. The molecular formula is C34H44FN5O3. The summed E-state index contributed by atoms with van der Waals surface area (Å²) in [6, 6.07) is 14.1. The number of carbonyl (C=O) groups is 2. The summed E-state index contributed by atoms with van der Waals surface area (Å²) in [7, 11) is 4.06. The van der Waals surface area contributed by atoms with Crippen LogP contribution in [0.25, 0.3) is 22.2 Å². The third-order valence-corrected chi connectivity index (χ3v) is 8.75. The summed E-state index contributed by atoms with van der Waals surface area (Å²) in [6.07, 6.45) is 6.12. The van der Waals surface area contributed by atoms with Crippen molar-refractivity contribution >= 4 is 22.9 Å². The van der Waals surface area contributed by atoms with Crippen LogP contribution in [-0.4, -0.2) is 84.5 Å². The van der Waals surface area contributed by atoms with E-state index < -0.39 is 11.9 Å². The van der Waals surface area contributed by atoms with E-state index in [1.54, 1.807) is 6.07 Å². The van der Waals surface area contributed by atoms with Crippen LogP contribution in [0.2, 0.25) is 0 Å². The van der Waals surface area contributed by atoms with Gasteiger partial charge in [-0.1, -0.05) is 49.6 Å². The average molecular weight is 590 g/mol. The first-order valence-electron chi connectivity index (χ1n) is 15.6. The van der Waals surface area contributed by atoms with Crippen LogP contribution < -0.4 is 10.1 Å². The van der Waals surface area contributed by atoms with Gasteiger partial charge in [-0.25, -0.2) is 14.2 Å². The van der Waals surface area contributed by atoms with Gasteiger partial charge in [0.25, 0.3) is 0 Å². The van der Waals surface area contributed by atoms with E-state index in [1.807, 2.05) is 56.3 Å². The second kappa shape index (κ2) is 14.3. The topological polar surface area (TPSA) is 78.0 Å². The Kier molecular flexibility index (Phi) is 10.3. The maximum atomic E-state index is 14.6. The number of nitrogens with zero attached hydrogens (tertiary/aromatic N) is 4. The van der Waals surface area contributed by atoms with Crippen LogP contribution in [0.4, 0.5) is 9.18 Å². The minimum atomic E-state index is -0.558. The molecule has 0 bridgehead atoms. The zero-order chi connectivity index (χ0) is 30.3. The summed E-state index contributed by atoms with van der Waals surface area (Å²) in [4.78, 5) is 37.6. The number of hydrogen-bond acceptors (Lipinski definition) is 6. The Morgan fingerprint density at radius 1 is 1.12 bits per heavy atom. The number of aromatic nitrogens is 1. The van der Waals surface area contributed by atoms with Gasteiger partial charge in [-0.2, -0.15) is 0 Å². The van der Waals surface area contributed by atoms with Gasteiger partial charge < -0.3 is 19.9 Å². The fourth-order valence-corrected chi connectivity index (χ4v) is 6.33. The zero-order valence-electron chi connectivity index (χ0n) is 25.7. The number of pyridine rings is 1. The minimum Gasteiger partial charge on any atom is -0.409 e. The lowest BCUT2D eigenvalue weighted by molar-refractivity contribution is -0.136. The number of amides is 2. The molecule has 1 saturated heterocycles. The lowest BCUT2D eigenvalue weighted by atomic mass is 9.85. The van der Waals surface area contributed by atoms with Crippen molar-refractivity contribution in [3.8, 4) is 17.0 Å². The van der Waals surface area contributed by atoms with Gasteiger partial charge in [0.2, 0.25) is 5.91 Å². The predicted octanol–water partition coefficient (Wildman–Crippen LogP) is 5.69. The molecule has 43 heavy (non-hydrogen) atoms. The summed E-state index contributed by atoms with van der Waals surface area (Å²) in [5.41, 5.74) is 2.72. The van der Waals surface area contributed by atoms with Crippen LogP contribution in [0.5, 0.6) is 5.75 Å². The number of piperazine rings is 1. The summed E-state index contributed by atoms with van der Waals surface area (Å²) in [5, 5.41) is 3.49. The van der Waals surface area contributed by atoms with E-state index in [0.717, 1.165) is 37.9 Å². The van der Waals surface area contributed by atoms with Crippen molar-refractivity contribution in [2.45, 2.75) is 58.0 Å². The van der Waals surface area contributed by atoms with Crippen LogP contribution in [0, 0.1) is 11.7 Å². The summed E-state index contributed by atoms with van der Waals surface area (Å²) in [6.45, 7) is 5.57. The first-order valence-corrected chi connectivity index (χ1v) is 15.6. The van der Waals surface area contributed by atoms with Crippen LogP contribution in [-0.2, 0) is 11.3 Å². The van der Waals surface area contributed by atoms with Gasteiger partial charge in [-0.05, 0) is 70.9 Å². The van der Waals surface area contributed by atoms with E-state index in [0.29, 0.717) is 47.7 Å². The molecule has 5 rings (SSSR count). The second-order valence-corrected chi connectivity index (χ2v) is 12.3. The molecule has 3 aromatic rings. The smallest absolute Gasteiger partial charge is 0.409 e. The average Bonchev–Trinajstić information content (AvgIpc) is 3.00. The third kappa shape index (κ3) is 7.89. The van der Waals surface area contributed by atoms with E-state index in [1.165, 1.54) is 31.4 Å². The maximum Gasteiger partial charge on any atom is 0.412 e. The number of rotatable bonds is 10. The van der Waals surface area contributed by atoms with Gasteiger partial charge in [0.15, 0.2) is 0 Å². The monoisotopic (exact) mass is 589 g/mol. The third-order valence-electron chi connectivity index (χ3n) is 8.75. The maximum absolute atomic E-state index is 14.6. The molecule has 2 aromatic carbocycles. The van der Waals surface area contributed by atoms with Gasteiger partial charge in [0.05, 0.1) is 17.8 Å². The zero-order valence-corrected chi connectivity index (χ0v) is 25.7. The highest BCUT2D eigenvalue weighted by atomic mass is 19.1. The first-order chi connectivity index (χ1) is 20.8. The van der Waals surface area contributed by atoms with E-state index >= 15 is 0 Å². The fraction of sp³-hybridized carbons (Fsp3) is 0.500. The predicted molar refractivity (Wildman–Crippen MR) is 167 cm³/mol. The Morgan fingerprint density at radius 2 is 1.88 bits per heavy atom. The second-order valence-electron chi connectivity index (χ2n) is 12.3. The molecule has 8 nitrogen and oxygen atoms in total. The number of carbonyl (C=O) groups excluding carboxylic acids is 2. The normalized spacial score (nSPS) is 17.4. The number of ether oxygens (including phenoxy) is 1. The van der Waals surface area contributed by atoms with Crippen LogP contribution in [0.1, 0.15) is 51.0 Å². The molecule has 230 valence electrons. The molecule has 2 fully saturated rings. The quantitative estimate of drug-likeness (QED) is 0.327. The highest BCUT2D eigenvalue weighted by Gasteiger charge is 2.29. The van der Waals surface area contributed by atoms with E-state index in [9.17, 15) is 14.0 Å². The van der Waals surface area contributed by atoms with E-state index in [4.69, 9.17) is 9.72 Å². The summed E-state index contributed by atoms with van der Waals surface area (Å²) in [5.74, 6) is 0.340. The minimum absolute atomic E-state index is 0.0344. The number of hydrogen-bond donors (Lipinski definition) is 1. The van der Waals surface area contributed by atoms with Gasteiger partial charge in [0.1, 0.15) is 11.6 Å². The number of benzene rings is 2. The van der Waals surface area contributed by atoms with Crippen molar-refractivity contribution in [2.75, 3.05) is 46.8 Å². The molecule has 1 aliphatic carbocycles. The van der Waals surface area contributed by atoms with Crippen molar-refractivity contribution in [3.05, 3.63) is 59.9 Å². The van der Waals surface area contributed by atoms with E-state index in [-0.39, 0.29) is 24.2 Å². The number of fused-ring (bicyclic) bond motifs is 1. The molecule has 0 unspecified atom stereocenters. The molecule has 0 radical (unpaired) electrons. The van der Waals surface area contributed by atoms with Gasteiger partial charge in [-0.3, -0.25) is 9.69 Å². The van der Waals surface area contributed by atoms with Gasteiger partial charge in [-0.15, -0.1) is 0 Å². The van der Waals surface area contributed by atoms with E-state index in [2.05, 4.69) is 15.1 Å². The molecule has 2 heterocycles. The van der Waals surface area contributed by atoms with Crippen molar-refractivity contribution < 1.29 is 18.7 Å². The molecular weight excluding hydrogens is 545 g/mol. The molecule has 0 spiro atoms. The van der Waals surface area contributed by atoms with Crippen molar-refractivity contribution in [2.24, 2.45) is 5.92 Å². The molecule has 1 aliphatic heterocycles. The standard InChI is InChI=1S/C34H44FN5O3/c1-24(25-11-6-4-7-12-25)36-34(42)43-33-28-21-27(35)15-16-30(28)37-32(26-13-8-5-9-14-26)29(33)22-39-19-20-40(31(41)23-39)18-10-17-38(2)3/h5,8-9,13-16,21,24-25H,4,6-7,10-12,17-20,22-23H2,1-3H3,(H,36,42)/t24-/m0/s1. The number of halogens is 1. The Morgan fingerprint density at radius 3 is 2.60 bits per heavy atom. The van der Waals surface area contributed by atoms with Crippen LogP contribution in [0.15, 0.2) is 48.5 Å². The lowest BCUT2D eigenvalue weighted by Gasteiger charge is -2.35. The van der Waals surface area contributed by atoms with Crippen LogP contribution in [0.3, 0.4) is 0 Å². The molecule has 2 amide bonds.